The van der Waals surface area contributed by atoms with E-state index in [9.17, 15) is 44.8 Å². The molecule has 0 aliphatic rings. The van der Waals surface area contributed by atoms with Crippen LogP contribution in [0.3, 0.4) is 0 Å². The van der Waals surface area contributed by atoms with Crippen molar-refractivity contribution in [2.45, 2.75) is 9.79 Å². The quantitative estimate of drug-likeness (QED) is 0.0730. The number of carbonyl (C=O) groups is 4. The van der Waals surface area contributed by atoms with Crippen molar-refractivity contribution < 1.29 is 55.0 Å². The van der Waals surface area contributed by atoms with E-state index >= 15 is 0 Å². The van der Waals surface area contributed by atoms with Crippen molar-refractivity contribution in [3.8, 4) is 0 Å². The fraction of sp³-hybridized carbons (Fsp3) is 0. The minimum Gasteiger partial charge on any atom is -0.478 e. The third-order valence-electron chi connectivity index (χ3n) is 7.79. The fourth-order valence-corrected chi connectivity index (χ4v) is 7.25. The van der Waals surface area contributed by atoms with Crippen LogP contribution >= 0.6 is 0 Å². The van der Waals surface area contributed by atoms with E-state index < -0.39 is 65.2 Å². The second kappa shape index (κ2) is 18.0. The van der Waals surface area contributed by atoms with Crippen molar-refractivity contribution in [1.82, 2.24) is 0 Å². The third-order valence-corrected chi connectivity index (χ3v) is 10.6. The average Bonchev–Trinajstić information content (AvgIpc) is 3.18. The monoisotopic (exact) mass is 828 g/mol. The molecule has 0 fully saturated rings. The number of rotatable bonds is 12. The van der Waals surface area contributed by atoms with Crippen LogP contribution in [0.5, 0.6) is 0 Å². The van der Waals surface area contributed by atoms with Crippen LogP contribution in [0.25, 0.3) is 0 Å². The summed E-state index contributed by atoms with van der Waals surface area (Å²) in [5.74, 6) is -5.01. The second-order valence-corrected chi connectivity index (χ2v) is 15.2. The van der Waals surface area contributed by atoms with Crippen LogP contribution in [0.4, 0.5) is 31.5 Å². The molecule has 0 aliphatic carbocycles. The molecule has 6 rings (SSSR count). The van der Waals surface area contributed by atoms with E-state index in [0.29, 0.717) is 11.4 Å². The first-order valence-electron chi connectivity index (χ1n) is 16.6. The standard InChI is InChI=1S/2C20H15FN2O5S/c2*21-17-6-1-2-7-18(17)29(27,28)23-16-5-3-4-14(12-16)19(24)22-15-10-8-13(9-11-15)20(25)26/h2*1-12,23H,(H,22,24)(H,25,26). The van der Waals surface area contributed by atoms with Crippen molar-refractivity contribution in [3.05, 3.63) is 179 Å². The van der Waals surface area contributed by atoms with E-state index in [2.05, 4.69) is 20.1 Å². The lowest BCUT2D eigenvalue weighted by Crippen LogP contribution is -2.16. The Balaban J connectivity index is 0.000000221. The van der Waals surface area contributed by atoms with Gasteiger partial charge in [0.1, 0.15) is 21.4 Å². The summed E-state index contributed by atoms with van der Waals surface area (Å²) in [5.41, 5.74) is 1.38. The lowest BCUT2D eigenvalue weighted by atomic mass is 10.1. The summed E-state index contributed by atoms with van der Waals surface area (Å²) < 4.78 is 81.6. The molecule has 14 nitrogen and oxygen atoms in total. The predicted octanol–water partition coefficient (Wildman–Crippen LogP) is 7.15. The molecule has 58 heavy (non-hydrogen) atoms. The first-order valence-corrected chi connectivity index (χ1v) is 19.5. The zero-order chi connectivity index (χ0) is 42.0. The van der Waals surface area contributed by atoms with Crippen LogP contribution in [-0.4, -0.2) is 50.8 Å². The molecular weight excluding hydrogens is 799 g/mol. The highest BCUT2D eigenvalue weighted by atomic mass is 32.2. The van der Waals surface area contributed by atoms with Crippen molar-refractivity contribution in [3.63, 3.8) is 0 Å². The van der Waals surface area contributed by atoms with Crippen molar-refractivity contribution >= 4 is 66.5 Å². The Bertz CT molecular complexity index is 2540. The number of halogens is 2. The second-order valence-electron chi connectivity index (χ2n) is 11.9. The molecule has 0 heterocycles. The Kier molecular flexibility index (Phi) is 13.0. The van der Waals surface area contributed by atoms with Crippen molar-refractivity contribution in [2.75, 3.05) is 20.1 Å². The molecule has 18 heteroatoms. The van der Waals surface area contributed by atoms with Crippen LogP contribution in [0.15, 0.2) is 155 Å². The van der Waals surface area contributed by atoms with Gasteiger partial charge in [-0.2, -0.15) is 0 Å². The molecule has 2 amide bonds. The lowest BCUT2D eigenvalue weighted by molar-refractivity contribution is 0.0686. The zero-order valence-electron chi connectivity index (χ0n) is 29.6. The van der Waals surface area contributed by atoms with Gasteiger partial charge < -0.3 is 20.8 Å². The number of nitrogens with one attached hydrogen (secondary N) is 4. The van der Waals surface area contributed by atoms with Gasteiger partial charge in [0.2, 0.25) is 0 Å². The van der Waals surface area contributed by atoms with Crippen molar-refractivity contribution in [1.29, 1.82) is 0 Å². The van der Waals surface area contributed by atoms with Crippen LogP contribution < -0.4 is 20.1 Å². The molecule has 0 saturated heterocycles. The Labute approximate surface area is 329 Å². The topological polar surface area (TPSA) is 225 Å². The van der Waals surface area contributed by atoms with E-state index in [1.54, 1.807) is 0 Å². The molecule has 0 spiro atoms. The molecule has 0 aliphatic heterocycles. The number of hydrogen-bond donors (Lipinski definition) is 6. The van der Waals surface area contributed by atoms with Gasteiger partial charge in [0.15, 0.2) is 0 Å². The number of carboxylic acid groups (broad SMARTS) is 2. The maximum atomic E-state index is 13.8. The van der Waals surface area contributed by atoms with Crippen LogP contribution in [0.1, 0.15) is 41.4 Å². The molecule has 6 aromatic rings. The minimum absolute atomic E-state index is 0.0764. The van der Waals surface area contributed by atoms with Gasteiger partial charge in [-0.05, 0) is 109 Å². The maximum absolute atomic E-state index is 13.8. The van der Waals surface area contributed by atoms with Gasteiger partial charge in [-0.3, -0.25) is 19.0 Å². The first-order chi connectivity index (χ1) is 27.5. The number of hydrogen-bond acceptors (Lipinski definition) is 8. The van der Waals surface area contributed by atoms with Gasteiger partial charge in [0, 0.05) is 33.9 Å². The number of carbonyl (C=O) groups excluding carboxylic acids is 2. The molecule has 0 bridgehead atoms. The molecule has 0 saturated carbocycles. The molecule has 296 valence electrons. The third kappa shape index (κ3) is 10.9. The highest BCUT2D eigenvalue weighted by Gasteiger charge is 2.21. The summed E-state index contributed by atoms with van der Waals surface area (Å²) in [7, 11) is -8.34. The number of amides is 2. The number of benzene rings is 6. The van der Waals surface area contributed by atoms with E-state index in [1.165, 1.54) is 121 Å². The summed E-state index contributed by atoms with van der Waals surface area (Å²) in [6.45, 7) is 0. The summed E-state index contributed by atoms with van der Waals surface area (Å²) in [5, 5.41) is 23.0. The smallest absolute Gasteiger partial charge is 0.335 e. The van der Waals surface area contributed by atoms with Gasteiger partial charge in [0.25, 0.3) is 31.9 Å². The van der Waals surface area contributed by atoms with E-state index in [1.807, 2.05) is 0 Å². The van der Waals surface area contributed by atoms with Gasteiger partial charge in [-0.15, -0.1) is 0 Å². The van der Waals surface area contributed by atoms with Crippen LogP contribution in [-0.2, 0) is 20.0 Å². The normalized spacial score (nSPS) is 10.9. The van der Waals surface area contributed by atoms with E-state index in [0.717, 1.165) is 24.3 Å². The lowest BCUT2D eigenvalue weighted by Gasteiger charge is -2.10. The van der Waals surface area contributed by atoms with Gasteiger partial charge in [-0.25, -0.2) is 35.2 Å². The Morgan fingerprint density at radius 3 is 1.09 bits per heavy atom. The molecule has 0 unspecified atom stereocenters. The average molecular weight is 829 g/mol. The number of anilines is 4. The number of carboxylic acids is 2. The van der Waals surface area contributed by atoms with Crippen molar-refractivity contribution in [2.24, 2.45) is 0 Å². The van der Waals surface area contributed by atoms with Crippen LogP contribution in [0, 0.1) is 11.6 Å². The highest BCUT2D eigenvalue weighted by molar-refractivity contribution is 7.93. The minimum atomic E-state index is -4.17. The maximum Gasteiger partial charge on any atom is 0.335 e. The van der Waals surface area contributed by atoms with Gasteiger partial charge in [-0.1, -0.05) is 36.4 Å². The first kappa shape index (κ1) is 41.7. The zero-order valence-corrected chi connectivity index (χ0v) is 31.2. The van der Waals surface area contributed by atoms with E-state index in [-0.39, 0.29) is 33.6 Å². The number of sulfonamides is 2. The summed E-state index contributed by atoms with van der Waals surface area (Å²) >= 11 is 0. The van der Waals surface area contributed by atoms with Gasteiger partial charge in [0.05, 0.1) is 11.1 Å². The number of aromatic carboxylic acids is 2. The molecule has 0 radical (unpaired) electrons. The Morgan fingerprint density at radius 2 is 0.759 bits per heavy atom. The van der Waals surface area contributed by atoms with E-state index in [4.69, 9.17) is 10.2 Å². The summed E-state index contributed by atoms with van der Waals surface area (Å²) in [4.78, 5) is 45.5. The molecule has 0 aromatic heterocycles. The molecular formula is C40H30F2N4O10S2. The van der Waals surface area contributed by atoms with Gasteiger partial charge >= 0.3 is 11.9 Å². The molecule has 6 aromatic carbocycles. The Morgan fingerprint density at radius 1 is 0.414 bits per heavy atom. The SMILES string of the molecule is O=C(O)c1ccc(NC(=O)c2cccc(NS(=O)(=O)c3ccccc3F)c2)cc1.O=C(O)c1ccc(NC(=O)c2cccc(NS(=O)(=O)c3ccccc3F)c2)cc1. The summed E-state index contributed by atoms with van der Waals surface area (Å²) in [6.07, 6.45) is 0. The van der Waals surface area contributed by atoms with Crippen LogP contribution in [0.2, 0.25) is 0 Å². The Hall–Kier alpha value is -7.44. The molecule has 6 N–H and O–H groups in total. The predicted molar refractivity (Wildman–Crippen MR) is 210 cm³/mol. The largest absolute Gasteiger partial charge is 0.478 e. The fourth-order valence-electron chi connectivity index (χ4n) is 4.99. The molecule has 0 atom stereocenters. The highest BCUT2D eigenvalue weighted by Crippen LogP contribution is 2.22. The summed E-state index contributed by atoms with van der Waals surface area (Å²) in [6, 6.07) is 32.4.